The molecule has 0 fully saturated rings. The lowest BCUT2D eigenvalue weighted by Crippen LogP contribution is -2.37. The van der Waals surface area contributed by atoms with E-state index in [2.05, 4.69) is 0 Å². The second kappa shape index (κ2) is 6.79. The van der Waals surface area contributed by atoms with Gasteiger partial charge in [-0.2, -0.15) is 0 Å². The van der Waals surface area contributed by atoms with E-state index in [0.717, 1.165) is 0 Å². The first-order valence-electron chi connectivity index (χ1n) is 6.18. The standard InChI is InChI=1S/C14H19NO5/c1-5-15(9(2)16)13(14(17)18)11-7-6-10(19-3)8-12(11)20-4/h6-8,13H,5H2,1-4H3,(H,17,18). The molecule has 1 aromatic rings. The van der Waals surface area contributed by atoms with Crippen LogP contribution in [0.4, 0.5) is 0 Å². The van der Waals surface area contributed by atoms with Crippen LogP contribution in [0.15, 0.2) is 18.2 Å². The Balaban J connectivity index is 3.34. The number of hydrogen-bond donors (Lipinski definition) is 1. The second-order valence-electron chi connectivity index (χ2n) is 4.15. The molecule has 0 aliphatic carbocycles. The van der Waals surface area contributed by atoms with Gasteiger partial charge in [0.15, 0.2) is 6.04 Å². The Morgan fingerprint density at radius 3 is 2.35 bits per heavy atom. The molecule has 6 heteroatoms. The van der Waals surface area contributed by atoms with Crippen molar-refractivity contribution in [1.82, 2.24) is 4.90 Å². The number of aliphatic carboxylic acids is 1. The van der Waals surface area contributed by atoms with Crippen molar-refractivity contribution in [2.45, 2.75) is 19.9 Å². The molecule has 0 spiro atoms. The molecule has 1 amide bonds. The van der Waals surface area contributed by atoms with Gasteiger partial charge in [0.2, 0.25) is 5.91 Å². The highest BCUT2D eigenvalue weighted by atomic mass is 16.5. The third kappa shape index (κ3) is 3.20. The average molecular weight is 281 g/mol. The maximum absolute atomic E-state index is 11.6. The highest BCUT2D eigenvalue weighted by molar-refractivity contribution is 5.84. The molecule has 1 atom stereocenters. The van der Waals surface area contributed by atoms with E-state index in [0.29, 0.717) is 23.6 Å². The van der Waals surface area contributed by atoms with Crippen LogP contribution in [0.25, 0.3) is 0 Å². The molecule has 1 rings (SSSR count). The van der Waals surface area contributed by atoms with E-state index in [-0.39, 0.29) is 5.91 Å². The normalized spacial score (nSPS) is 11.6. The van der Waals surface area contributed by atoms with Crippen LogP contribution >= 0.6 is 0 Å². The SMILES string of the molecule is CCN(C(C)=O)C(C(=O)O)c1ccc(OC)cc1OC. The Bertz CT molecular complexity index is 500. The zero-order valence-corrected chi connectivity index (χ0v) is 12.0. The minimum atomic E-state index is -1.11. The van der Waals surface area contributed by atoms with Gasteiger partial charge in [0, 0.05) is 25.1 Å². The summed E-state index contributed by atoms with van der Waals surface area (Å²) in [6.07, 6.45) is 0. The summed E-state index contributed by atoms with van der Waals surface area (Å²) in [4.78, 5) is 24.4. The molecule has 0 aliphatic rings. The zero-order valence-electron chi connectivity index (χ0n) is 12.0. The number of carbonyl (C=O) groups is 2. The lowest BCUT2D eigenvalue weighted by molar-refractivity contribution is -0.149. The minimum Gasteiger partial charge on any atom is -0.497 e. The fraction of sp³-hybridized carbons (Fsp3) is 0.429. The summed E-state index contributed by atoms with van der Waals surface area (Å²) in [5, 5.41) is 9.44. The van der Waals surface area contributed by atoms with Crippen LogP contribution in [0, 0.1) is 0 Å². The van der Waals surface area contributed by atoms with Crippen molar-refractivity contribution in [3.05, 3.63) is 23.8 Å². The van der Waals surface area contributed by atoms with Gasteiger partial charge in [-0.25, -0.2) is 4.79 Å². The third-order valence-electron chi connectivity index (χ3n) is 3.03. The summed E-state index contributed by atoms with van der Waals surface area (Å²) >= 11 is 0. The minimum absolute atomic E-state index is 0.293. The number of carboxylic acids is 1. The predicted molar refractivity (Wildman–Crippen MR) is 73.0 cm³/mol. The number of hydrogen-bond acceptors (Lipinski definition) is 4. The van der Waals surface area contributed by atoms with Crippen LogP contribution in [-0.4, -0.2) is 42.6 Å². The Kier molecular flexibility index (Phi) is 5.37. The summed E-state index contributed by atoms with van der Waals surface area (Å²) in [6.45, 7) is 3.37. The number of nitrogens with zero attached hydrogens (tertiary/aromatic N) is 1. The molecule has 0 heterocycles. The van der Waals surface area contributed by atoms with Gasteiger partial charge in [-0.05, 0) is 19.1 Å². The summed E-state index contributed by atoms with van der Waals surface area (Å²) < 4.78 is 10.3. The van der Waals surface area contributed by atoms with Crippen molar-refractivity contribution in [2.75, 3.05) is 20.8 Å². The number of amides is 1. The molecule has 20 heavy (non-hydrogen) atoms. The molecule has 1 unspecified atom stereocenters. The number of ether oxygens (including phenoxy) is 2. The lowest BCUT2D eigenvalue weighted by Gasteiger charge is -2.28. The summed E-state index contributed by atoms with van der Waals surface area (Å²) in [6, 6.07) is 3.75. The Labute approximate surface area is 117 Å². The lowest BCUT2D eigenvalue weighted by atomic mass is 10.0. The molecule has 110 valence electrons. The number of rotatable bonds is 6. The van der Waals surface area contributed by atoms with Crippen LogP contribution in [0.3, 0.4) is 0 Å². The van der Waals surface area contributed by atoms with Crippen molar-refractivity contribution >= 4 is 11.9 Å². The van der Waals surface area contributed by atoms with Crippen molar-refractivity contribution in [2.24, 2.45) is 0 Å². The second-order valence-corrected chi connectivity index (χ2v) is 4.15. The van der Waals surface area contributed by atoms with Gasteiger partial charge in [-0.1, -0.05) is 0 Å². The maximum Gasteiger partial charge on any atom is 0.331 e. The number of benzene rings is 1. The van der Waals surface area contributed by atoms with Crippen LogP contribution in [-0.2, 0) is 9.59 Å². The van der Waals surface area contributed by atoms with Crippen LogP contribution in [0.1, 0.15) is 25.5 Å². The first kappa shape index (κ1) is 15.8. The highest BCUT2D eigenvalue weighted by Crippen LogP contribution is 2.32. The fourth-order valence-electron chi connectivity index (χ4n) is 2.07. The Morgan fingerprint density at radius 2 is 1.95 bits per heavy atom. The fourth-order valence-corrected chi connectivity index (χ4v) is 2.07. The average Bonchev–Trinajstić information content (AvgIpc) is 2.43. The van der Waals surface area contributed by atoms with Crippen LogP contribution < -0.4 is 9.47 Å². The number of methoxy groups -OCH3 is 2. The van der Waals surface area contributed by atoms with Crippen LogP contribution in [0.2, 0.25) is 0 Å². The van der Waals surface area contributed by atoms with Crippen molar-refractivity contribution in [1.29, 1.82) is 0 Å². The van der Waals surface area contributed by atoms with E-state index < -0.39 is 12.0 Å². The summed E-state index contributed by atoms with van der Waals surface area (Å²) in [7, 11) is 2.96. The quantitative estimate of drug-likeness (QED) is 0.858. The molecule has 0 aromatic heterocycles. The number of likely N-dealkylation sites (N-methyl/N-ethyl adjacent to an activating group) is 1. The van der Waals surface area contributed by atoms with E-state index in [1.54, 1.807) is 25.1 Å². The third-order valence-corrected chi connectivity index (χ3v) is 3.03. The van der Waals surface area contributed by atoms with Gasteiger partial charge in [0.25, 0.3) is 0 Å². The van der Waals surface area contributed by atoms with Crippen molar-refractivity contribution in [3.63, 3.8) is 0 Å². The highest BCUT2D eigenvalue weighted by Gasteiger charge is 2.31. The molecule has 0 aliphatic heterocycles. The van der Waals surface area contributed by atoms with E-state index in [4.69, 9.17) is 9.47 Å². The Morgan fingerprint density at radius 1 is 1.30 bits per heavy atom. The van der Waals surface area contributed by atoms with Gasteiger partial charge in [0.1, 0.15) is 11.5 Å². The topological polar surface area (TPSA) is 76.1 Å². The first-order valence-corrected chi connectivity index (χ1v) is 6.18. The number of carboxylic acid groups (broad SMARTS) is 1. The molecule has 0 saturated heterocycles. The molecular weight excluding hydrogens is 262 g/mol. The molecular formula is C14H19NO5. The smallest absolute Gasteiger partial charge is 0.331 e. The Hall–Kier alpha value is -2.24. The van der Waals surface area contributed by atoms with Gasteiger partial charge in [-0.3, -0.25) is 4.79 Å². The maximum atomic E-state index is 11.6. The van der Waals surface area contributed by atoms with Gasteiger partial charge >= 0.3 is 5.97 Å². The monoisotopic (exact) mass is 281 g/mol. The van der Waals surface area contributed by atoms with E-state index >= 15 is 0 Å². The molecule has 0 saturated carbocycles. The molecule has 6 nitrogen and oxygen atoms in total. The largest absolute Gasteiger partial charge is 0.497 e. The predicted octanol–water partition coefficient (Wildman–Crippen LogP) is 1.70. The van der Waals surface area contributed by atoms with Crippen molar-refractivity contribution < 1.29 is 24.2 Å². The molecule has 0 bridgehead atoms. The van der Waals surface area contributed by atoms with E-state index in [9.17, 15) is 14.7 Å². The van der Waals surface area contributed by atoms with Gasteiger partial charge in [0.05, 0.1) is 14.2 Å². The van der Waals surface area contributed by atoms with Crippen LogP contribution in [0.5, 0.6) is 11.5 Å². The molecule has 1 N–H and O–H groups in total. The van der Waals surface area contributed by atoms with E-state index in [1.807, 2.05) is 0 Å². The summed E-state index contributed by atoms with van der Waals surface area (Å²) in [5.74, 6) is -0.486. The summed E-state index contributed by atoms with van der Waals surface area (Å²) in [5.41, 5.74) is 0.415. The van der Waals surface area contributed by atoms with Crippen molar-refractivity contribution in [3.8, 4) is 11.5 Å². The number of carbonyl (C=O) groups excluding carboxylic acids is 1. The van der Waals surface area contributed by atoms with Gasteiger partial charge < -0.3 is 19.5 Å². The van der Waals surface area contributed by atoms with E-state index in [1.165, 1.54) is 26.0 Å². The zero-order chi connectivity index (χ0) is 15.3. The van der Waals surface area contributed by atoms with Gasteiger partial charge in [-0.15, -0.1) is 0 Å². The molecule has 1 aromatic carbocycles. The first-order chi connectivity index (χ1) is 9.46. The molecule has 0 radical (unpaired) electrons.